The third kappa shape index (κ3) is 4.77. The summed E-state index contributed by atoms with van der Waals surface area (Å²) in [6.45, 7) is 4.55. The molecule has 168 valence electrons. The molecule has 0 bridgehead atoms. The molecule has 0 saturated carbocycles. The maximum Gasteiger partial charge on any atom is 0.255 e. The first kappa shape index (κ1) is 22.0. The van der Waals surface area contributed by atoms with Crippen LogP contribution in [0.15, 0.2) is 71.9 Å². The van der Waals surface area contributed by atoms with Crippen LogP contribution in [0.3, 0.4) is 0 Å². The lowest BCUT2D eigenvalue weighted by Crippen LogP contribution is -2.27. The molecule has 1 amide bonds. The number of amides is 1. The molecule has 4 aromatic rings. The van der Waals surface area contributed by atoms with Crippen LogP contribution in [0.5, 0.6) is 0 Å². The molecule has 1 aliphatic rings. The highest BCUT2D eigenvalue weighted by Crippen LogP contribution is 2.35. The Morgan fingerprint density at radius 1 is 1.09 bits per heavy atom. The van der Waals surface area contributed by atoms with Gasteiger partial charge in [0.2, 0.25) is 0 Å². The van der Waals surface area contributed by atoms with Crippen molar-refractivity contribution in [2.24, 2.45) is 0 Å². The molecule has 2 aromatic carbocycles. The van der Waals surface area contributed by atoms with Crippen LogP contribution in [0.1, 0.15) is 46.8 Å². The highest BCUT2D eigenvalue weighted by atomic mass is 35.5. The van der Waals surface area contributed by atoms with Crippen molar-refractivity contribution in [2.45, 2.75) is 36.6 Å². The van der Waals surface area contributed by atoms with E-state index < -0.39 is 0 Å². The monoisotopic (exact) mass is 476 g/mol. The van der Waals surface area contributed by atoms with Crippen molar-refractivity contribution in [3.05, 3.63) is 88.8 Å². The zero-order chi connectivity index (χ0) is 22.8. The number of rotatable bonds is 6. The summed E-state index contributed by atoms with van der Waals surface area (Å²) in [5.74, 6) is 1.05. The zero-order valence-electron chi connectivity index (χ0n) is 18.4. The molecule has 0 aliphatic carbocycles. The minimum atomic E-state index is 0.0625. The first-order valence-corrected chi connectivity index (χ1v) is 12.5. The maximum absolute atomic E-state index is 12.6. The second kappa shape index (κ2) is 9.57. The van der Waals surface area contributed by atoms with E-state index in [1.54, 1.807) is 18.0 Å². The zero-order valence-corrected chi connectivity index (χ0v) is 20.0. The molecular formula is C26H25ClN4OS. The Kier molecular flexibility index (Phi) is 6.38. The van der Waals surface area contributed by atoms with Crippen molar-refractivity contribution in [1.29, 1.82) is 0 Å². The fourth-order valence-electron chi connectivity index (χ4n) is 4.28. The van der Waals surface area contributed by atoms with Crippen LogP contribution in [0, 0.1) is 0 Å². The van der Waals surface area contributed by atoms with E-state index in [9.17, 15) is 4.79 Å². The van der Waals surface area contributed by atoms with Gasteiger partial charge in [0.05, 0.1) is 26.9 Å². The summed E-state index contributed by atoms with van der Waals surface area (Å²) in [7, 11) is 0. The second-order valence-electron chi connectivity index (χ2n) is 8.32. The molecule has 3 heterocycles. The summed E-state index contributed by atoms with van der Waals surface area (Å²) in [4.78, 5) is 24.0. The first-order chi connectivity index (χ1) is 16.1. The minimum Gasteiger partial charge on any atom is -0.339 e. The number of thioether (sulfide) groups is 1. The van der Waals surface area contributed by atoms with Crippen LogP contribution in [0.4, 0.5) is 0 Å². The third-order valence-corrected chi connectivity index (χ3v) is 7.24. The number of nitrogens with zero attached hydrogens (tertiary/aromatic N) is 4. The van der Waals surface area contributed by atoms with Crippen molar-refractivity contribution >= 4 is 40.3 Å². The lowest BCUT2D eigenvalue weighted by molar-refractivity contribution is 0.0792. The Morgan fingerprint density at radius 3 is 2.61 bits per heavy atom. The van der Waals surface area contributed by atoms with Crippen LogP contribution in [-0.2, 0) is 6.54 Å². The first-order valence-electron chi connectivity index (χ1n) is 11.2. The Labute approximate surface area is 202 Å². The highest BCUT2D eigenvalue weighted by molar-refractivity contribution is 7.99. The summed E-state index contributed by atoms with van der Waals surface area (Å²) in [6, 6.07) is 20.1. The SMILES string of the molecule is CC(Sc1ccc(C(=O)N2CCCC2)cn1)c1nc2cc(Cl)ccc2n1Cc1ccccc1. The van der Waals surface area contributed by atoms with Gasteiger partial charge in [-0.2, -0.15) is 0 Å². The van der Waals surface area contributed by atoms with Gasteiger partial charge in [0.15, 0.2) is 0 Å². The van der Waals surface area contributed by atoms with Gasteiger partial charge in [0.1, 0.15) is 5.82 Å². The van der Waals surface area contributed by atoms with Crippen LogP contribution >= 0.6 is 23.4 Å². The number of likely N-dealkylation sites (tertiary alicyclic amines) is 1. The molecule has 2 aromatic heterocycles. The molecule has 7 heteroatoms. The van der Waals surface area contributed by atoms with Crippen LogP contribution in [0.25, 0.3) is 11.0 Å². The van der Waals surface area contributed by atoms with Gasteiger partial charge in [-0.3, -0.25) is 4.79 Å². The standard InChI is InChI=1S/C26H25ClN4OS/c1-18(33-24-12-9-20(16-28-24)26(32)30-13-5-6-14-30)25-29-22-15-21(27)10-11-23(22)31(25)17-19-7-3-2-4-8-19/h2-4,7-12,15-16,18H,5-6,13-14,17H2,1H3. The number of pyridine rings is 1. The molecule has 5 rings (SSSR count). The predicted octanol–water partition coefficient (Wildman–Crippen LogP) is 6.22. The number of fused-ring (bicyclic) bond motifs is 1. The van der Waals surface area contributed by atoms with Gasteiger partial charge in [-0.15, -0.1) is 0 Å². The van der Waals surface area contributed by atoms with Gasteiger partial charge in [-0.05, 0) is 55.7 Å². The fraction of sp³-hybridized carbons (Fsp3) is 0.269. The molecular weight excluding hydrogens is 452 g/mol. The number of hydrogen-bond acceptors (Lipinski definition) is 4. The van der Waals surface area contributed by atoms with E-state index in [1.165, 1.54) is 5.56 Å². The minimum absolute atomic E-state index is 0.0625. The topological polar surface area (TPSA) is 51.0 Å². The van der Waals surface area contributed by atoms with Crippen LogP contribution in [-0.4, -0.2) is 38.4 Å². The molecule has 1 unspecified atom stereocenters. The summed E-state index contributed by atoms with van der Waals surface area (Å²) in [5, 5.41) is 1.61. The van der Waals surface area contributed by atoms with Crippen molar-refractivity contribution in [2.75, 3.05) is 13.1 Å². The number of aromatic nitrogens is 3. The third-order valence-electron chi connectivity index (χ3n) is 5.96. The average Bonchev–Trinajstić information content (AvgIpc) is 3.48. The normalized spacial score (nSPS) is 14.7. The van der Waals surface area contributed by atoms with Gasteiger partial charge in [-0.25, -0.2) is 9.97 Å². The van der Waals surface area contributed by atoms with Crippen molar-refractivity contribution in [3.63, 3.8) is 0 Å². The van der Waals surface area contributed by atoms with E-state index in [0.717, 1.165) is 54.4 Å². The summed E-state index contributed by atoms with van der Waals surface area (Å²) in [5.41, 5.74) is 3.82. The summed E-state index contributed by atoms with van der Waals surface area (Å²) >= 11 is 7.88. The van der Waals surface area contributed by atoms with Gasteiger partial charge >= 0.3 is 0 Å². The highest BCUT2D eigenvalue weighted by Gasteiger charge is 2.21. The Hall–Kier alpha value is -2.83. The van der Waals surface area contributed by atoms with Gasteiger partial charge in [0.25, 0.3) is 5.91 Å². The number of halogens is 1. The molecule has 1 atom stereocenters. The molecule has 33 heavy (non-hydrogen) atoms. The van der Waals surface area contributed by atoms with Gasteiger partial charge in [0, 0.05) is 30.9 Å². The Bertz CT molecular complexity index is 1270. The van der Waals surface area contributed by atoms with E-state index in [-0.39, 0.29) is 11.2 Å². The largest absolute Gasteiger partial charge is 0.339 e. The Balaban J connectivity index is 1.40. The van der Waals surface area contributed by atoms with E-state index in [0.29, 0.717) is 10.6 Å². The molecule has 5 nitrogen and oxygen atoms in total. The summed E-state index contributed by atoms with van der Waals surface area (Å²) in [6.07, 6.45) is 3.86. The van der Waals surface area contributed by atoms with Gasteiger partial charge in [-0.1, -0.05) is 53.7 Å². The van der Waals surface area contributed by atoms with Crippen LogP contribution in [0.2, 0.25) is 5.02 Å². The molecule has 1 aliphatic heterocycles. The molecule has 1 fully saturated rings. The fourth-order valence-corrected chi connectivity index (χ4v) is 5.35. The smallest absolute Gasteiger partial charge is 0.255 e. The average molecular weight is 477 g/mol. The molecule has 0 spiro atoms. The van der Waals surface area contributed by atoms with E-state index >= 15 is 0 Å². The summed E-state index contributed by atoms with van der Waals surface area (Å²) < 4.78 is 2.25. The lowest BCUT2D eigenvalue weighted by atomic mass is 10.2. The molecule has 0 radical (unpaired) electrons. The number of imidazole rings is 1. The number of hydrogen-bond donors (Lipinski definition) is 0. The van der Waals surface area contributed by atoms with Crippen LogP contribution < -0.4 is 0 Å². The van der Waals surface area contributed by atoms with E-state index in [4.69, 9.17) is 16.6 Å². The van der Waals surface area contributed by atoms with Crippen molar-refractivity contribution in [3.8, 4) is 0 Å². The van der Waals surface area contributed by atoms with Gasteiger partial charge < -0.3 is 9.47 Å². The second-order valence-corrected chi connectivity index (χ2v) is 10.1. The van der Waals surface area contributed by atoms with Crippen molar-refractivity contribution < 1.29 is 4.79 Å². The molecule has 1 saturated heterocycles. The number of carbonyl (C=O) groups is 1. The quantitative estimate of drug-likeness (QED) is 0.310. The van der Waals surface area contributed by atoms with Crippen molar-refractivity contribution in [1.82, 2.24) is 19.4 Å². The molecule has 0 N–H and O–H groups in total. The number of benzene rings is 2. The number of carbonyl (C=O) groups excluding carboxylic acids is 1. The predicted molar refractivity (Wildman–Crippen MR) is 134 cm³/mol. The maximum atomic E-state index is 12.6. The van der Waals surface area contributed by atoms with E-state index in [1.807, 2.05) is 41.3 Å². The lowest BCUT2D eigenvalue weighted by Gasteiger charge is -2.16. The Morgan fingerprint density at radius 2 is 1.88 bits per heavy atom. The van der Waals surface area contributed by atoms with E-state index in [2.05, 4.69) is 40.7 Å².